The number of carbonyl (C=O) groups is 1. The van der Waals surface area contributed by atoms with E-state index in [1.807, 2.05) is 56.3 Å². The second kappa shape index (κ2) is 9.78. The molecule has 1 fully saturated rings. The van der Waals surface area contributed by atoms with Gasteiger partial charge in [0, 0.05) is 18.7 Å². The van der Waals surface area contributed by atoms with Gasteiger partial charge < -0.3 is 19.7 Å². The number of anilines is 2. The lowest BCUT2D eigenvalue weighted by Crippen LogP contribution is -2.45. The molecule has 1 N–H and O–H groups in total. The van der Waals surface area contributed by atoms with E-state index in [9.17, 15) is 9.18 Å². The highest BCUT2D eigenvalue weighted by Gasteiger charge is 2.23. The minimum atomic E-state index is -1.03. The van der Waals surface area contributed by atoms with Crippen molar-refractivity contribution < 1.29 is 18.7 Å². The summed E-state index contributed by atoms with van der Waals surface area (Å²) in [6.45, 7) is 4.57. The normalized spacial score (nSPS) is 18.3. The highest BCUT2D eigenvalue weighted by molar-refractivity contribution is 6.07. The highest BCUT2D eigenvalue weighted by atomic mass is 19.1. The first-order valence-corrected chi connectivity index (χ1v) is 10.6. The lowest BCUT2D eigenvalue weighted by molar-refractivity contribution is -0.00545. The summed E-state index contributed by atoms with van der Waals surface area (Å²) in [6, 6.07) is 18.3. The number of ether oxygens (including phenoxy) is 2. The maximum Gasteiger partial charge on any atom is 0.259 e. The summed E-state index contributed by atoms with van der Waals surface area (Å²) in [6.07, 6.45) is 1.88. The Balaban J connectivity index is 1.54. The third-order valence-corrected chi connectivity index (χ3v) is 5.29. The molecule has 1 saturated heterocycles. The van der Waals surface area contributed by atoms with E-state index in [0.29, 0.717) is 11.3 Å². The molecule has 2 heterocycles. The van der Waals surface area contributed by atoms with Gasteiger partial charge in [0.15, 0.2) is 0 Å². The van der Waals surface area contributed by atoms with Crippen molar-refractivity contribution in [1.82, 2.24) is 4.98 Å². The zero-order valence-electron chi connectivity index (χ0n) is 18.1. The molecule has 1 amide bonds. The van der Waals surface area contributed by atoms with Gasteiger partial charge in [0.1, 0.15) is 11.6 Å². The van der Waals surface area contributed by atoms with Crippen LogP contribution in [0.4, 0.5) is 15.9 Å². The molecule has 4 rings (SSSR count). The van der Waals surface area contributed by atoms with Crippen molar-refractivity contribution in [3.63, 3.8) is 0 Å². The zero-order chi connectivity index (χ0) is 22.5. The van der Waals surface area contributed by atoms with Crippen molar-refractivity contribution >= 4 is 17.4 Å². The second-order valence-electron chi connectivity index (χ2n) is 7.82. The number of rotatable bonds is 6. The van der Waals surface area contributed by atoms with Crippen LogP contribution in [0.5, 0.6) is 5.75 Å². The molecule has 0 saturated carbocycles. The Labute approximate surface area is 187 Å². The zero-order valence-corrected chi connectivity index (χ0v) is 18.1. The minimum Gasteiger partial charge on any atom is -0.461 e. The van der Waals surface area contributed by atoms with Crippen molar-refractivity contribution in [2.45, 2.75) is 26.1 Å². The summed E-state index contributed by atoms with van der Waals surface area (Å²) in [7, 11) is 0. The minimum absolute atomic E-state index is 0.130. The summed E-state index contributed by atoms with van der Waals surface area (Å²) < 4.78 is 24.2. The maximum atomic E-state index is 13.1. The van der Waals surface area contributed by atoms with Crippen LogP contribution in [0.2, 0.25) is 0 Å². The van der Waals surface area contributed by atoms with Gasteiger partial charge in [-0.1, -0.05) is 42.5 Å². The van der Waals surface area contributed by atoms with E-state index in [1.165, 1.54) is 0 Å². The first kappa shape index (κ1) is 21.8. The number of aromatic nitrogens is 1. The van der Waals surface area contributed by atoms with Crippen LogP contribution in [0, 0.1) is 0 Å². The maximum absolute atomic E-state index is 13.1. The van der Waals surface area contributed by atoms with Gasteiger partial charge >= 0.3 is 0 Å². The molecule has 0 unspecified atom stereocenters. The van der Waals surface area contributed by atoms with Crippen LogP contribution in [0.15, 0.2) is 66.9 Å². The molecule has 1 aliphatic heterocycles. The summed E-state index contributed by atoms with van der Waals surface area (Å²) in [5.41, 5.74) is 2.29. The van der Waals surface area contributed by atoms with E-state index < -0.39 is 12.8 Å². The van der Waals surface area contributed by atoms with Crippen molar-refractivity contribution in [3.8, 4) is 16.9 Å². The third kappa shape index (κ3) is 4.89. The summed E-state index contributed by atoms with van der Waals surface area (Å²) in [4.78, 5) is 19.7. The Morgan fingerprint density at radius 1 is 1.09 bits per heavy atom. The monoisotopic (exact) mass is 435 g/mol. The molecule has 0 spiro atoms. The third-order valence-electron chi connectivity index (χ3n) is 5.29. The van der Waals surface area contributed by atoms with Crippen LogP contribution in [-0.4, -0.2) is 43.0 Å². The quantitative estimate of drug-likeness (QED) is 0.595. The molecular formula is C25H26FN3O3. The summed E-state index contributed by atoms with van der Waals surface area (Å²) in [5, 5.41) is 2.84. The van der Waals surface area contributed by atoms with Crippen molar-refractivity contribution in [2.24, 2.45) is 0 Å². The predicted octanol–water partition coefficient (Wildman–Crippen LogP) is 4.92. The number of nitrogens with one attached hydrogen (secondary N) is 1. The SMILES string of the molecule is C[C@@H]1CN(c2ccc(NC(=O)c3cccc(-c4ccccc4)c3OCF)cn2)C[C@H](C)O1. The number of hydrogen-bond donors (Lipinski definition) is 1. The van der Waals surface area contributed by atoms with Gasteiger partial charge in [-0.2, -0.15) is 0 Å². The number of morpholine rings is 1. The number of amides is 1. The molecular weight excluding hydrogens is 409 g/mol. The second-order valence-corrected chi connectivity index (χ2v) is 7.82. The van der Waals surface area contributed by atoms with E-state index in [1.54, 1.807) is 24.4 Å². The molecule has 2 atom stereocenters. The molecule has 6 nitrogen and oxygen atoms in total. The molecule has 1 aliphatic rings. The number of halogens is 1. The largest absolute Gasteiger partial charge is 0.461 e. The molecule has 0 aliphatic carbocycles. The lowest BCUT2D eigenvalue weighted by Gasteiger charge is -2.36. The number of hydrogen-bond acceptors (Lipinski definition) is 5. The number of alkyl halides is 1. The number of carbonyl (C=O) groups excluding carboxylic acids is 1. The van der Waals surface area contributed by atoms with Gasteiger partial charge in [-0.3, -0.25) is 4.79 Å². The summed E-state index contributed by atoms with van der Waals surface area (Å²) >= 11 is 0. The number of benzene rings is 2. The van der Waals surface area contributed by atoms with E-state index in [0.717, 1.165) is 24.5 Å². The van der Waals surface area contributed by atoms with Crippen LogP contribution in [0.3, 0.4) is 0 Å². The standard InChI is InChI=1S/C25H26FN3O3/c1-17-14-29(15-18(2)32-17)23-12-11-20(13-27-23)28-25(30)22-10-6-9-21(24(22)31-16-26)19-7-4-3-5-8-19/h3-13,17-18H,14-16H2,1-2H3,(H,28,30)/t17-,18+. The van der Waals surface area contributed by atoms with Crippen molar-refractivity contribution in [2.75, 3.05) is 30.2 Å². The Morgan fingerprint density at radius 2 is 1.84 bits per heavy atom. The fourth-order valence-corrected chi connectivity index (χ4v) is 3.98. The van der Waals surface area contributed by atoms with Gasteiger partial charge in [0.25, 0.3) is 5.91 Å². The first-order valence-electron chi connectivity index (χ1n) is 10.6. The average Bonchev–Trinajstić information content (AvgIpc) is 2.80. The molecule has 166 valence electrons. The van der Waals surface area contributed by atoms with E-state index in [-0.39, 0.29) is 23.5 Å². The van der Waals surface area contributed by atoms with Gasteiger partial charge in [-0.15, -0.1) is 0 Å². The Kier molecular flexibility index (Phi) is 6.66. The van der Waals surface area contributed by atoms with Crippen LogP contribution in [0.1, 0.15) is 24.2 Å². The van der Waals surface area contributed by atoms with Crippen molar-refractivity contribution in [3.05, 3.63) is 72.4 Å². The topological polar surface area (TPSA) is 63.7 Å². The molecule has 0 bridgehead atoms. The molecule has 2 aromatic carbocycles. The fourth-order valence-electron chi connectivity index (χ4n) is 3.98. The fraction of sp³-hybridized carbons (Fsp3) is 0.280. The van der Waals surface area contributed by atoms with Crippen LogP contribution in [-0.2, 0) is 4.74 Å². The Bertz CT molecular complexity index is 1050. The van der Waals surface area contributed by atoms with Crippen LogP contribution >= 0.6 is 0 Å². The van der Waals surface area contributed by atoms with Crippen molar-refractivity contribution in [1.29, 1.82) is 0 Å². The van der Waals surface area contributed by atoms with E-state index >= 15 is 0 Å². The lowest BCUT2D eigenvalue weighted by atomic mass is 10.0. The average molecular weight is 435 g/mol. The van der Waals surface area contributed by atoms with Gasteiger partial charge in [0.2, 0.25) is 6.86 Å². The van der Waals surface area contributed by atoms with Gasteiger partial charge in [0.05, 0.1) is 29.7 Å². The first-order chi connectivity index (χ1) is 15.5. The molecule has 1 aromatic heterocycles. The van der Waals surface area contributed by atoms with Gasteiger partial charge in [-0.05, 0) is 37.6 Å². The molecule has 7 heteroatoms. The number of nitrogens with zero attached hydrogens (tertiary/aromatic N) is 2. The Hall–Kier alpha value is -3.45. The molecule has 0 radical (unpaired) electrons. The van der Waals surface area contributed by atoms with Gasteiger partial charge in [-0.25, -0.2) is 9.37 Å². The number of para-hydroxylation sites is 1. The van der Waals surface area contributed by atoms with Crippen LogP contribution < -0.4 is 15.0 Å². The predicted molar refractivity (Wildman–Crippen MR) is 123 cm³/mol. The Morgan fingerprint density at radius 3 is 2.50 bits per heavy atom. The van der Waals surface area contributed by atoms with Crippen LogP contribution in [0.25, 0.3) is 11.1 Å². The highest BCUT2D eigenvalue weighted by Crippen LogP contribution is 2.34. The molecule has 32 heavy (non-hydrogen) atoms. The summed E-state index contributed by atoms with van der Waals surface area (Å²) in [5.74, 6) is 0.645. The molecule has 3 aromatic rings. The van der Waals surface area contributed by atoms with E-state index in [4.69, 9.17) is 9.47 Å². The van der Waals surface area contributed by atoms with E-state index in [2.05, 4.69) is 15.2 Å². The number of pyridine rings is 1. The smallest absolute Gasteiger partial charge is 0.259 e.